The lowest BCUT2D eigenvalue weighted by Crippen LogP contribution is -2.45. The van der Waals surface area contributed by atoms with Gasteiger partial charge in [-0.1, -0.05) is 20.8 Å². The minimum atomic E-state index is -0.0551. The van der Waals surface area contributed by atoms with E-state index < -0.39 is 0 Å². The molecule has 1 aliphatic rings. The van der Waals surface area contributed by atoms with E-state index in [1.807, 2.05) is 18.7 Å². The fourth-order valence-electron chi connectivity index (χ4n) is 3.22. The molecule has 0 aliphatic carbocycles. The van der Waals surface area contributed by atoms with Crippen molar-refractivity contribution in [3.8, 4) is 11.5 Å². The van der Waals surface area contributed by atoms with Crippen LogP contribution in [-0.4, -0.2) is 49.6 Å². The second-order valence-electron chi connectivity index (χ2n) is 7.95. The SMILES string of the molecule is CCCOc1c(Br)cc(C(=O)N2CCC(C(=O)NC(C)C(C)C)CC2)cc1OC. The minimum absolute atomic E-state index is 0.0358. The summed E-state index contributed by atoms with van der Waals surface area (Å²) in [7, 11) is 1.57. The van der Waals surface area contributed by atoms with E-state index in [0.29, 0.717) is 60.0 Å². The average Bonchev–Trinajstić information content (AvgIpc) is 2.71. The summed E-state index contributed by atoms with van der Waals surface area (Å²) in [4.78, 5) is 27.3. The summed E-state index contributed by atoms with van der Waals surface area (Å²) in [5.74, 6) is 1.55. The number of rotatable bonds is 8. The van der Waals surface area contributed by atoms with Crippen LogP contribution in [0.3, 0.4) is 0 Å². The molecule has 1 saturated heterocycles. The third kappa shape index (κ3) is 6.11. The molecule has 0 aromatic heterocycles. The van der Waals surface area contributed by atoms with E-state index >= 15 is 0 Å². The van der Waals surface area contributed by atoms with Gasteiger partial charge in [0, 0.05) is 30.6 Å². The summed E-state index contributed by atoms with van der Waals surface area (Å²) >= 11 is 3.50. The Morgan fingerprint density at radius 2 is 1.90 bits per heavy atom. The number of carbonyl (C=O) groups excluding carboxylic acids is 2. The number of nitrogens with one attached hydrogen (secondary N) is 1. The van der Waals surface area contributed by atoms with Crippen LogP contribution in [-0.2, 0) is 4.79 Å². The molecule has 1 heterocycles. The lowest BCUT2D eigenvalue weighted by molar-refractivity contribution is -0.127. The molecule has 1 aliphatic heterocycles. The zero-order valence-corrected chi connectivity index (χ0v) is 19.7. The highest BCUT2D eigenvalue weighted by molar-refractivity contribution is 9.10. The number of methoxy groups -OCH3 is 1. The maximum atomic E-state index is 13.0. The molecule has 162 valence electrons. The van der Waals surface area contributed by atoms with Crippen molar-refractivity contribution < 1.29 is 19.1 Å². The normalized spacial score (nSPS) is 15.9. The summed E-state index contributed by atoms with van der Waals surface area (Å²) in [6.07, 6.45) is 2.24. The Bertz CT molecular complexity index is 715. The topological polar surface area (TPSA) is 67.9 Å². The third-order valence-electron chi connectivity index (χ3n) is 5.45. The lowest BCUT2D eigenvalue weighted by Gasteiger charge is -2.32. The van der Waals surface area contributed by atoms with Gasteiger partial charge in [0.05, 0.1) is 18.2 Å². The Morgan fingerprint density at radius 3 is 2.45 bits per heavy atom. The number of carbonyl (C=O) groups is 2. The predicted octanol–water partition coefficient (Wildman–Crippen LogP) is 4.26. The summed E-state index contributed by atoms with van der Waals surface area (Å²) < 4.78 is 11.9. The molecule has 1 aromatic carbocycles. The molecular formula is C22H33BrN2O4. The van der Waals surface area contributed by atoms with E-state index in [0.717, 1.165) is 6.42 Å². The summed E-state index contributed by atoms with van der Waals surface area (Å²) in [6.45, 7) is 9.97. The molecule has 1 aromatic rings. The van der Waals surface area contributed by atoms with Crippen LogP contribution in [0.4, 0.5) is 0 Å². The molecule has 0 radical (unpaired) electrons. The molecule has 0 bridgehead atoms. The molecule has 2 amide bonds. The molecule has 29 heavy (non-hydrogen) atoms. The largest absolute Gasteiger partial charge is 0.493 e. The molecule has 1 N–H and O–H groups in total. The molecule has 1 atom stereocenters. The second kappa shape index (κ2) is 10.9. The van der Waals surface area contributed by atoms with Gasteiger partial charge >= 0.3 is 0 Å². The van der Waals surface area contributed by atoms with Crippen LogP contribution in [0.15, 0.2) is 16.6 Å². The van der Waals surface area contributed by atoms with Crippen molar-refractivity contribution in [2.24, 2.45) is 11.8 Å². The molecule has 0 saturated carbocycles. The maximum Gasteiger partial charge on any atom is 0.254 e. The third-order valence-corrected chi connectivity index (χ3v) is 6.04. The fourth-order valence-corrected chi connectivity index (χ4v) is 3.78. The first-order valence-corrected chi connectivity index (χ1v) is 11.2. The van der Waals surface area contributed by atoms with Crippen LogP contribution in [0, 0.1) is 11.8 Å². The van der Waals surface area contributed by atoms with Crippen LogP contribution in [0.25, 0.3) is 0 Å². The number of hydrogen-bond acceptors (Lipinski definition) is 4. The van der Waals surface area contributed by atoms with Crippen molar-refractivity contribution in [1.29, 1.82) is 0 Å². The average molecular weight is 469 g/mol. The summed E-state index contributed by atoms with van der Waals surface area (Å²) in [5.41, 5.74) is 0.550. The molecule has 0 spiro atoms. The Balaban J connectivity index is 2.02. The van der Waals surface area contributed by atoms with Gasteiger partial charge in [0.2, 0.25) is 5.91 Å². The maximum absolute atomic E-state index is 13.0. The molecule has 6 nitrogen and oxygen atoms in total. The first-order valence-electron chi connectivity index (χ1n) is 10.4. The predicted molar refractivity (Wildman–Crippen MR) is 118 cm³/mol. The van der Waals surface area contributed by atoms with Crippen LogP contribution >= 0.6 is 15.9 Å². The van der Waals surface area contributed by atoms with Gasteiger partial charge in [-0.15, -0.1) is 0 Å². The van der Waals surface area contributed by atoms with E-state index in [9.17, 15) is 9.59 Å². The molecular weight excluding hydrogens is 436 g/mol. The highest BCUT2D eigenvalue weighted by Crippen LogP contribution is 2.37. The van der Waals surface area contributed by atoms with Gasteiger partial charge in [-0.05, 0) is 60.2 Å². The number of benzene rings is 1. The lowest BCUT2D eigenvalue weighted by atomic mass is 9.94. The van der Waals surface area contributed by atoms with Crippen LogP contribution in [0.2, 0.25) is 0 Å². The van der Waals surface area contributed by atoms with Crippen LogP contribution < -0.4 is 14.8 Å². The van der Waals surface area contributed by atoms with Crippen molar-refractivity contribution in [2.75, 3.05) is 26.8 Å². The Hall–Kier alpha value is -1.76. The van der Waals surface area contributed by atoms with Gasteiger partial charge < -0.3 is 19.7 Å². The molecule has 7 heteroatoms. The molecule has 1 fully saturated rings. The van der Waals surface area contributed by atoms with Crippen molar-refractivity contribution >= 4 is 27.7 Å². The van der Waals surface area contributed by atoms with E-state index in [1.165, 1.54) is 0 Å². The highest BCUT2D eigenvalue weighted by atomic mass is 79.9. The van der Waals surface area contributed by atoms with Gasteiger partial charge in [0.1, 0.15) is 0 Å². The van der Waals surface area contributed by atoms with Crippen molar-refractivity contribution in [3.05, 3.63) is 22.2 Å². The minimum Gasteiger partial charge on any atom is -0.493 e. The fraction of sp³-hybridized carbons (Fsp3) is 0.636. The van der Waals surface area contributed by atoms with Crippen LogP contribution in [0.5, 0.6) is 11.5 Å². The van der Waals surface area contributed by atoms with Gasteiger partial charge in [0.15, 0.2) is 11.5 Å². The van der Waals surface area contributed by atoms with Gasteiger partial charge in [-0.2, -0.15) is 0 Å². The van der Waals surface area contributed by atoms with E-state index in [-0.39, 0.29) is 23.8 Å². The number of amides is 2. The highest BCUT2D eigenvalue weighted by Gasteiger charge is 2.29. The smallest absolute Gasteiger partial charge is 0.254 e. The Labute approximate surface area is 182 Å². The van der Waals surface area contributed by atoms with Crippen molar-refractivity contribution in [2.45, 2.75) is 53.0 Å². The number of halogens is 1. The second-order valence-corrected chi connectivity index (χ2v) is 8.80. The van der Waals surface area contributed by atoms with Crippen molar-refractivity contribution in [3.63, 3.8) is 0 Å². The van der Waals surface area contributed by atoms with E-state index in [1.54, 1.807) is 19.2 Å². The Kier molecular flexibility index (Phi) is 8.80. The van der Waals surface area contributed by atoms with Crippen molar-refractivity contribution in [1.82, 2.24) is 10.2 Å². The molecule has 2 rings (SSSR count). The standard InChI is InChI=1S/C22H33BrN2O4/c1-6-11-29-20-18(23)12-17(13-19(20)28-5)22(27)25-9-7-16(8-10-25)21(26)24-15(4)14(2)3/h12-16H,6-11H2,1-5H3,(H,24,26). The first-order chi connectivity index (χ1) is 13.8. The summed E-state index contributed by atoms with van der Waals surface area (Å²) in [6, 6.07) is 3.65. The number of hydrogen-bond donors (Lipinski definition) is 1. The number of nitrogens with zero attached hydrogens (tertiary/aromatic N) is 1. The Morgan fingerprint density at radius 1 is 1.24 bits per heavy atom. The van der Waals surface area contributed by atoms with Crippen LogP contribution in [0.1, 0.15) is 57.3 Å². The van der Waals surface area contributed by atoms with E-state index in [2.05, 4.69) is 35.1 Å². The quantitative estimate of drug-likeness (QED) is 0.618. The summed E-state index contributed by atoms with van der Waals surface area (Å²) in [5, 5.41) is 3.09. The zero-order chi connectivity index (χ0) is 21.6. The number of piperidine rings is 1. The number of ether oxygens (including phenoxy) is 2. The van der Waals surface area contributed by atoms with Gasteiger partial charge in [-0.3, -0.25) is 9.59 Å². The number of likely N-dealkylation sites (tertiary alicyclic amines) is 1. The van der Waals surface area contributed by atoms with Gasteiger partial charge in [0.25, 0.3) is 5.91 Å². The monoisotopic (exact) mass is 468 g/mol. The van der Waals surface area contributed by atoms with E-state index in [4.69, 9.17) is 9.47 Å². The first kappa shape index (κ1) is 23.5. The zero-order valence-electron chi connectivity index (χ0n) is 18.1. The molecule has 1 unspecified atom stereocenters. The van der Waals surface area contributed by atoms with Gasteiger partial charge in [-0.25, -0.2) is 0 Å².